The van der Waals surface area contributed by atoms with Crippen LogP contribution in [0.3, 0.4) is 0 Å². The Balaban J connectivity index is 2.25. The molecule has 1 N–H and O–H groups in total. The summed E-state index contributed by atoms with van der Waals surface area (Å²) in [7, 11) is 0. The van der Waals surface area contributed by atoms with Crippen LogP contribution in [-0.4, -0.2) is 25.7 Å². The molecule has 1 heterocycles. The molecule has 0 radical (unpaired) electrons. The zero-order valence-corrected chi connectivity index (χ0v) is 9.09. The highest BCUT2D eigenvalue weighted by atomic mass is 35.5. The topological polar surface area (TPSA) is 15.3 Å². The van der Waals surface area contributed by atoms with Gasteiger partial charge in [0.05, 0.1) is 10.7 Å². The van der Waals surface area contributed by atoms with Crippen LogP contribution in [0.5, 0.6) is 0 Å². The number of nitrogens with zero attached hydrogens (tertiary/aromatic N) is 1. The van der Waals surface area contributed by atoms with Gasteiger partial charge in [0.2, 0.25) is 0 Å². The van der Waals surface area contributed by atoms with E-state index in [1.54, 1.807) is 0 Å². The van der Waals surface area contributed by atoms with Crippen molar-refractivity contribution in [3.63, 3.8) is 0 Å². The zero-order valence-electron chi connectivity index (χ0n) is 8.33. The molecule has 1 aromatic carbocycles. The maximum Gasteiger partial charge on any atom is 0.0639 e. The summed E-state index contributed by atoms with van der Waals surface area (Å²) in [4.78, 5) is 2.36. The van der Waals surface area contributed by atoms with E-state index in [0.717, 1.165) is 30.3 Å². The summed E-state index contributed by atoms with van der Waals surface area (Å²) in [5, 5.41) is 4.22. The lowest BCUT2D eigenvalue weighted by Crippen LogP contribution is -2.50. The van der Waals surface area contributed by atoms with E-state index < -0.39 is 0 Å². The first-order chi connectivity index (χ1) is 6.79. The van der Waals surface area contributed by atoms with E-state index >= 15 is 0 Å². The van der Waals surface area contributed by atoms with E-state index in [2.05, 4.69) is 23.2 Å². The van der Waals surface area contributed by atoms with Crippen molar-refractivity contribution in [1.82, 2.24) is 5.32 Å². The number of rotatable bonds is 1. The number of anilines is 1. The van der Waals surface area contributed by atoms with Crippen molar-refractivity contribution >= 4 is 17.3 Å². The van der Waals surface area contributed by atoms with Gasteiger partial charge in [0.15, 0.2) is 0 Å². The number of benzene rings is 1. The zero-order chi connectivity index (χ0) is 9.97. The summed E-state index contributed by atoms with van der Waals surface area (Å²) in [6.45, 7) is 5.32. The van der Waals surface area contributed by atoms with Crippen LogP contribution in [0.2, 0.25) is 5.02 Å². The van der Waals surface area contributed by atoms with Crippen LogP contribution in [0.15, 0.2) is 24.3 Å². The fourth-order valence-electron chi connectivity index (χ4n) is 1.88. The molecule has 1 fully saturated rings. The summed E-state index contributed by atoms with van der Waals surface area (Å²) in [6.07, 6.45) is 0. The van der Waals surface area contributed by atoms with Crippen LogP contribution in [0.4, 0.5) is 5.69 Å². The second kappa shape index (κ2) is 4.20. The molecule has 1 aliphatic heterocycles. The van der Waals surface area contributed by atoms with Crippen molar-refractivity contribution in [1.29, 1.82) is 0 Å². The first-order valence-electron chi connectivity index (χ1n) is 5.01. The molecule has 0 saturated carbocycles. The van der Waals surface area contributed by atoms with Gasteiger partial charge in [-0.15, -0.1) is 0 Å². The van der Waals surface area contributed by atoms with Crippen molar-refractivity contribution in [3.8, 4) is 0 Å². The third-order valence-electron chi connectivity index (χ3n) is 2.66. The molecule has 14 heavy (non-hydrogen) atoms. The Hall–Kier alpha value is -0.730. The van der Waals surface area contributed by atoms with Gasteiger partial charge in [-0.25, -0.2) is 0 Å². The van der Waals surface area contributed by atoms with Crippen LogP contribution in [0, 0.1) is 0 Å². The van der Waals surface area contributed by atoms with Gasteiger partial charge in [-0.1, -0.05) is 23.7 Å². The number of hydrogen-bond donors (Lipinski definition) is 1. The number of para-hydroxylation sites is 1. The number of nitrogens with one attached hydrogen (secondary N) is 1. The normalized spacial score (nSPS) is 22.4. The Kier molecular flexibility index (Phi) is 2.94. The van der Waals surface area contributed by atoms with Gasteiger partial charge in [-0.2, -0.15) is 0 Å². The molecule has 0 amide bonds. The highest BCUT2D eigenvalue weighted by Gasteiger charge is 2.19. The van der Waals surface area contributed by atoms with Gasteiger partial charge in [-0.05, 0) is 19.1 Å². The molecule has 0 unspecified atom stereocenters. The molecule has 0 aliphatic carbocycles. The van der Waals surface area contributed by atoms with E-state index in [-0.39, 0.29) is 0 Å². The summed E-state index contributed by atoms with van der Waals surface area (Å²) in [5.41, 5.74) is 1.16. The van der Waals surface area contributed by atoms with Gasteiger partial charge in [-0.3, -0.25) is 0 Å². The molecule has 0 bridgehead atoms. The average Bonchev–Trinajstić information content (AvgIpc) is 2.20. The molecule has 2 rings (SSSR count). The molecule has 0 aromatic heterocycles. The molecule has 1 saturated heterocycles. The Morgan fingerprint density at radius 1 is 1.43 bits per heavy atom. The minimum absolute atomic E-state index is 0.517. The molecule has 2 nitrogen and oxygen atoms in total. The lowest BCUT2D eigenvalue weighted by atomic mass is 10.2. The monoisotopic (exact) mass is 210 g/mol. The molecular weight excluding hydrogens is 196 g/mol. The van der Waals surface area contributed by atoms with E-state index in [1.807, 2.05) is 18.2 Å². The van der Waals surface area contributed by atoms with Crippen LogP contribution < -0.4 is 10.2 Å². The van der Waals surface area contributed by atoms with Gasteiger partial charge >= 0.3 is 0 Å². The molecule has 1 aliphatic rings. The lowest BCUT2D eigenvalue weighted by molar-refractivity contribution is 0.501. The standard InChI is InChI=1S/C11H15ClN2/c1-9-8-13-6-7-14(9)11-5-3-2-4-10(11)12/h2-5,9,13H,6-8H2,1H3/t9-/m1/s1. The summed E-state index contributed by atoms with van der Waals surface area (Å²) >= 11 is 6.16. The predicted octanol–water partition coefficient (Wildman–Crippen LogP) is 2.14. The van der Waals surface area contributed by atoms with Gasteiger partial charge < -0.3 is 10.2 Å². The Morgan fingerprint density at radius 2 is 2.21 bits per heavy atom. The van der Waals surface area contributed by atoms with Gasteiger partial charge in [0.25, 0.3) is 0 Å². The van der Waals surface area contributed by atoms with Crippen LogP contribution in [-0.2, 0) is 0 Å². The Bertz CT molecular complexity index is 314. The fourth-order valence-corrected chi connectivity index (χ4v) is 2.13. The van der Waals surface area contributed by atoms with Crippen molar-refractivity contribution in [2.75, 3.05) is 24.5 Å². The second-order valence-corrected chi connectivity index (χ2v) is 4.11. The second-order valence-electron chi connectivity index (χ2n) is 3.70. The van der Waals surface area contributed by atoms with Crippen LogP contribution in [0.25, 0.3) is 0 Å². The largest absolute Gasteiger partial charge is 0.365 e. The first kappa shape index (κ1) is 9.81. The summed E-state index contributed by atoms with van der Waals surface area (Å²) < 4.78 is 0. The van der Waals surface area contributed by atoms with Crippen molar-refractivity contribution < 1.29 is 0 Å². The van der Waals surface area contributed by atoms with Crippen LogP contribution >= 0.6 is 11.6 Å². The Morgan fingerprint density at radius 3 is 2.93 bits per heavy atom. The van der Waals surface area contributed by atoms with Gasteiger partial charge in [0.1, 0.15) is 0 Å². The van der Waals surface area contributed by atoms with Crippen LogP contribution in [0.1, 0.15) is 6.92 Å². The smallest absolute Gasteiger partial charge is 0.0639 e. The van der Waals surface area contributed by atoms with Crippen molar-refractivity contribution in [2.45, 2.75) is 13.0 Å². The predicted molar refractivity (Wildman–Crippen MR) is 61.1 cm³/mol. The Labute approximate surface area is 89.9 Å². The molecule has 3 heteroatoms. The van der Waals surface area contributed by atoms with E-state index in [9.17, 15) is 0 Å². The summed E-state index contributed by atoms with van der Waals surface area (Å²) in [5.74, 6) is 0. The number of halogens is 1. The SMILES string of the molecule is C[C@@H]1CNCCN1c1ccccc1Cl. The van der Waals surface area contributed by atoms with Gasteiger partial charge in [0, 0.05) is 25.7 Å². The minimum Gasteiger partial charge on any atom is -0.365 e. The lowest BCUT2D eigenvalue weighted by Gasteiger charge is -2.36. The average molecular weight is 211 g/mol. The van der Waals surface area contributed by atoms with E-state index in [4.69, 9.17) is 11.6 Å². The third-order valence-corrected chi connectivity index (χ3v) is 2.98. The number of piperazine rings is 1. The maximum absolute atomic E-state index is 6.16. The minimum atomic E-state index is 0.517. The van der Waals surface area contributed by atoms with Crippen molar-refractivity contribution in [3.05, 3.63) is 29.3 Å². The van der Waals surface area contributed by atoms with E-state index in [0.29, 0.717) is 6.04 Å². The molecule has 0 spiro atoms. The third kappa shape index (κ3) is 1.86. The molecule has 1 aromatic rings. The highest BCUT2D eigenvalue weighted by Crippen LogP contribution is 2.27. The first-order valence-corrected chi connectivity index (χ1v) is 5.39. The fraction of sp³-hybridized carbons (Fsp3) is 0.455. The maximum atomic E-state index is 6.16. The van der Waals surface area contributed by atoms with Crippen molar-refractivity contribution in [2.24, 2.45) is 0 Å². The number of hydrogen-bond acceptors (Lipinski definition) is 2. The highest BCUT2D eigenvalue weighted by molar-refractivity contribution is 6.33. The summed E-state index contributed by atoms with van der Waals surface area (Å²) in [6, 6.07) is 8.56. The van der Waals surface area contributed by atoms with E-state index in [1.165, 1.54) is 0 Å². The molecular formula is C11H15ClN2. The molecule has 1 atom stereocenters. The quantitative estimate of drug-likeness (QED) is 0.764. The molecule has 76 valence electrons.